The highest BCUT2D eigenvalue weighted by molar-refractivity contribution is 7.90. The molecule has 0 saturated heterocycles. The van der Waals surface area contributed by atoms with Gasteiger partial charge in [-0.05, 0) is 72.7 Å². The molecule has 1 atom stereocenters. The van der Waals surface area contributed by atoms with Gasteiger partial charge in [0.15, 0.2) is 11.6 Å². The monoisotopic (exact) mass is 421 g/mol. The molecule has 0 N–H and O–H groups in total. The number of halogens is 3. The van der Waals surface area contributed by atoms with E-state index in [1.54, 1.807) is 18.3 Å². The van der Waals surface area contributed by atoms with Crippen LogP contribution in [0.25, 0.3) is 11.3 Å². The van der Waals surface area contributed by atoms with Gasteiger partial charge < -0.3 is 0 Å². The van der Waals surface area contributed by atoms with Crippen molar-refractivity contribution < 1.29 is 17.2 Å². The van der Waals surface area contributed by atoms with Crippen molar-refractivity contribution in [1.29, 1.82) is 0 Å². The van der Waals surface area contributed by atoms with Gasteiger partial charge in [-0.2, -0.15) is 0 Å². The van der Waals surface area contributed by atoms with Crippen LogP contribution in [0.1, 0.15) is 36.8 Å². The molecule has 1 aliphatic rings. The van der Waals surface area contributed by atoms with E-state index in [0.717, 1.165) is 36.1 Å². The molecular weight excluding hydrogens is 404 g/mol. The van der Waals surface area contributed by atoms with Gasteiger partial charge in [-0.15, -0.1) is 0 Å². The lowest BCUT2D eigenvalue weighted by Crippen LogP contribution is -2.14. The first-order valence-electron chi connectivity index (χ1n) is 9.03. The minimum absolute atomic E-state index is 0.0468. The van der Waals surface area contributed by atoms with Gasteiger partial charge in [0.2, 0.25) is 0 Å². The number of hydrogen-bond acceptors (Lipinski definition) is 2. The lowest BCUT2D eigenvalue weighted by atomic mass is 10.0. The summed E-state index contributed by atoms with van der Waals surface area (Å²) in [6.07, 6.45) is 4.12. The average molecular weight is 422 g/mol. The number of fused-ring (bicyclic) bond motifs is 1. The van der Waals surface area contributed by atoms with Crippen molar-refractivity contribution in [3.05, 3.63) is 76.4 Å². The molecule has 4 rings (SSSR count). The molecule has 1 heterocycles. The first-order valence-corrected chi connectivity index (χ1v) is 10.9. The maximum absolute atomic E-state index is 13.9. The first-order chi connectivity index (χ1) is 13.3. The second kappa shape index (κ2) is 7.01. The van der Waals surface area contributed by atoms with Crippen LogP contribution in [-0.2, 0) is 16.4 Å². The Hall–Kier alpha value is -2.18. The number of rotatable bonds is 4. The lowest BCUT2D eigenvalue weighted by Gasteiger charge is -2.13. The van der Waals surface area contributed by atoms with E-state index in [9.17, 15) is 17.2 Å². The number of hydrogen-bond donors (Lipinski definition) is 0. The molecule has 7 heteroatoms. The summed E-state index contributed by atoms with van der Waals surface area (Å²) in [6, 6.07) is 9.50. The Balaban J connectivity index is 1.99. The van der Waals surface area contributed by atoms with E-state index in [0.29, 0.717) is 22.7 Å². The van der Waals surface area contributed by atoms with Crippen molar-refractivity contribution in [2.24, 2.45) is 0 Å². The van der Waals surface area contributed by atoms with Gasteiger partial charge in [0, 0.05) is 16.8 Å². The number of nitrogens with zero attached hydrogens (tertiary/aromatic N) is 1. The Morgan fingerprint density at radius 3 is 2.61 bits per heavy atom. The van der Waals surface area contributed by atoms with Gasteiger partial charge >= 0.3 is 0 Å². The Labute approximate surface area is 167 Å². The Morgan fingerprint density at radius 2 is 1.93 bits per heavy atom. The van der Waals surface area contributed by atoms with Crippen LogP contribution < -0.4 is 0 Å². The predicted molar refractivity (Wildman–Crippen MR) is 105 cm³/mol. The molecule has 0 amide bonds. The SMILES string of the molecule is CCC1CCc2c1cn(S(=O)(=O)c1cccc(Cl)c1)c2-c1ccc(F)c(F)c1. The largest absolute Gasteiger partial charge is 0.268 e. The Kier molecular flexibility index (Phi) is 4.79. The lowest BCUT2D eigenvalue weighted by molar-refractivity contribution is 0.509. The summed E-state index contributed by atoms with van der Waals surface area (Å²) in [4.78, 5) is 0.0468. The summed E-state index contributed by atoms with van der Waals surface area (Å²) >= 11 is 5.99. The van der Waals surface area contributed by atoms with E-state index in [1.165, 1.54) is 22.2 Å². The summed E-state index contributed by atoms with van der Waals surface area (Å²) in [6.45, 7) is 2.06. The minimum atomic E-state index is -3.96. The fourth-order valence-electron chi connectivity index (χ4n) is 3.93. The number of aromatic nitrogens is 1. The smallest absolute Gasteiger partial charge is 0.241 e. The minimum Gasteiger partial charge on any atom is -0.241 e. The summed E-state index contributed by atoms with van der Waals surface area (Å²) in [5, 5.41) is 0.307. The quantitative estimate of drug-likeness (QED) is 0.537. The maximum atomic E-state index is 13.9. The first kappa shape index (κ1) is 19.2. The number of benzene rings is 2. The Morgan fingerprint density at radius 1 is 1.14 bits per heavy atom. The third-order valence-corrected chi connectivity index (χ3v) is 7.22. The molecule has 0 bridgehead atoms. The van der Waals surface area contributed by atoms with Gasteiger partial charge in [0.25, 0.3) is 10.0 Å². The fourth-order valence-corrected chi connectivity index (χ4v) is 5.64. The zero-order chi connectivity index (χ0) is 20.1. The van der Waals surface area contributed by atoms with E-state index in [1.807, 2.05) is 0 Å². The van der Waals surface area contributed by atoms with E-state index in [4.69, 9.17) is 11.6 Å². The van der Waals surface area contributed by atoms with Gasteiger partial charge in [-0.25, -0.2) is 21.2 Å². The van der Waals surface area contributed by atoms with Crippen molar-refractivity contribution in [2.75, 3.05) is 0 Å². The molecule has 3 aromatic rings. The molecule has 1 unspecified atom stereocenters. The van der Waals surface area contributed by atoms with Crippen molar-refractivity contribution in [3.8, 4) is 11.3 Å². The van der Waals surface area contributed by atoms with Crippen molar-refractivity contribution >= 4 is 21.6 Å². The highest BCUT2D eigenvalue weighted by Crippen LogP contribution is 2.43. The molecule has 3 nitrogen and oxygen atoms in total. The van der Waals surface area contributed by atoms with Crippen LogP contribution in [0.2, 0.25) is 5.02 Å². The molecule has 0 spiro atoms. The second-order valence-corrected chi connectivity index (χ2v) is 9.19. The van der Waals surface area contributed by atoms with Crippen molar-refractivity contribution in [3.63, 3.8) is 0 Å². The van der Waals surface area contributed by atoms with Crippen LogP contribution in [0.4, 0.5) is 8.78 Å². The summed E-state index contributed by atoms with van der Waals surface area (Å²) in [7, 11) is -3.96. The van der Waals surface area contributed by atoms with Crippen LogP contribution in [0, 0.1) is 11.6 Å². The Bertz CT molecular complexity index is 1170. The normalized spacial score (nSPS) is 16.4. The van der Waals surface area contributed by atoms with Crippen LogP contribution in [0.15, 0.2) is 53.6 Å². The molecule has 2 aromatic carbocycles. The maximum Gasteiger partial charge on any atom is 0.268 e. The zero-order valence-corrected chi connectivity index (χ0v) is 16.7. The van der Waals surface area contributed by atoms with Crippen LogP contribution in [0.3, 0.4) is 0 Å². The van der Waals surface area contributed by atoms with Gasteiger partial charge in [-0.1, -0.05) is 24.6 Å². The molecule has 0 saturated carbocycles. The molecule has 0 radical (unpaired) electrons. The molecule has 0 fully saturated rings. The van der Waals surface area contributed by atoms with E-state index < -0.39 is 21.7 Å². The van der Waals surface area contributed by atoms with Gasteiger partial charge in [0.05, 0.1) is 10.6 Å². The molecular formula is C21H18ClF2NO2S. The second-order valence-electron chi connectivity index (χ2n) is 6.94. The highest BCUT2D eigenvalue weighted by atomic mass is 35.5. The van der Waals surface area contributed by atoms with Crippen LogP contribution in [-0.4, -0.2) is 12.4 Å². The summed E-state index contributed by atoms with van der Waals surface area (Å²) in [5.41, 5.74) is 2.56. The average Bonchev–Trinajstić information content (AvgIpc) is 3.23. The zero-order valence-electron chi connectivity index (χ0n) is 15.1. The predicted octanol–water partition coefficient (Wildman–Crippen LogP) is 5.76. The van der Waals surface area contributed by atoms with Crippen molar-refractivity contribution in [1.82, 2.24) is 3.97 Å². The van der Waals surface area contributed by atoms with Crippen LogP contribution >= 0.6 is 11.6 Å². The van der Waals surface area contributed by atoms with E-state index in [-0.39, 0.29) is 10.8 Å². The molecule has 1 aromatic heterocycles. The summed E-state index contributed by atoms with van der Waals surface area (Å²) < 4.78 is 55.3. The highest BCUT2D eigenvalue weighted by Gasteiger charge is 2.32. The topological polar surface area (TPSA) is 39.1 Å². The third-order valence-electron chi connectivity index (χ3n) is 5.33. The van der Waals surface area contributed by atoms with Gasteiger partial charge in [-0.3, -0.25) is 0 Å². The standard InChI is InChI=1S/C21H18ClF2NO2S/c1-2-13-6-8-17-18(13)12-25(21(17)14-7-9-19(23)20(24)10-14)28(26,27)16-5-3-4-15(22)11-16/h3-5,7,9-13H,2,6,8H2,1H3. The van der Waals surface area contributed by atoms with Crippen molar-refractivity contribution in [2.45, 2.75) is 37.0 Å². The van der Waals surface area contributed by atoms with Crippen LogP contribution in [0.5, 0.6) is 0 Å². The third kappa shape index (κ3) is 3.05. The molecule has 146 valence electrons. The molecule has 28 heavy (non-hydrogen) atoms. The van der Waals surface area contributed by atoms with E-state index in [2.05, 4.69) is 6.92 Å². The summed E-state index contributed by atoms with van der Waals surface area (Å²) in [5.74, 6) is -1.73. The fraction of sp³-hybridized carbons (Fsp3) is 0.238. The van der Waals surface area contributed by atoms with Gasteiger partial charge in [0.1, 0.15) is 0 Å². The molecule has 0 aliphatic heterocycles. The van der Waals surface area contributed by atoms with E-state index >= 15 is 0 Å². The molecule has 1 aliphatic carbocycles.